The van der Waals surface area contributed by atoms with Gasteiger partial charge in [-0.2, -0.15) is 11.8 Å². The van der Waals surface area contributed by atoms with Crippen LogP contribution >= 0.6 is 11.8 Å². The highest BCUT2D eigenvalue weighted by Gasteiger charge is 2.17. The van der Waals surface area contributed by atoms with E-state index in [0.717, 1.165) is 12.3 Å². The van der Waals surface area contributed by atoms with Crippen LogP contribution in [0, 0.1) is 0 Å². The number of carbonyl (C=O) groups excluding carboxylic acids is 1. The summed E-state index contributed by atoms with van der Waals surface area (Å²) in [6.45, 7) is 8.73. The lowest BCUT2D eigenvalue weighted by Gasteiger charge is -2.15. The van der Waals surface area contributed by atoms with E-state index in [0.29, 0.717) is 17.2 Å². The van der Waals surface area contributed by atoms with Crippen molar-refractivity contribution in [3.8, 4) is 0 Å². The SMILES string of the molecule is CCNc1cnc(C(C)C)nc1C(=O)NC(C)CSC. The van der Waals surface area contributed by atoms with Crippen LogP contribution in [0.15, 0.2) is 6.20 Å². The van der Waals surface area contributed by atoms with Gasteiger partial charge >= 0.3 is 0 Å². The third-order valence-electron chi connectivity index (χ3n) is 2.70. The van der Waals surface area contributed by atoms with Gasteiger partial charge in [-0.1, -0.05) is 13.8 Å². The van der Waals surface area contributed by atoms with Gasteiger partial charge in [0.05, 0.1) is 11.9 Å². The molecule has 1 unspecified atom stereocenters. The van der Waals surface area contributed by atoms with Gasteiger partial charge in [0.15, 0.2) is 5.69 Å². The van der Waals surface area contributed by atoms with Crippen molar-refractivity contribution in [2.75, 3.05) is 23.9 Å². The number of hydrogen-bond donors (Lipinski definition) is 2. The summed E-state index contributed by atoms with van der Waals surface area (Å²) >= 11 is 1.71. The Kier molecular flexibility index (Phi) is 6.78. The molecule has 0 fully saturated rings. The summed E-state index contributed by atoms with van der Waals surface area (Å²) in [5.74, 6) is 1.62. The van der Waals surface area contributed by atoms with Crippen molar-refractivity contribution in [2.24, 2.45) is 0 Å². The normalized spacial score (nSPS) is 12.3. The van der Waals surface area contributed by atoms with E-state index in [2.05, 4.69) is 20.6 Å². The summed E-state index contributed by atoms with van der Waals surface area (Å²) in [5, 5.41) is 6.11. The third-order valence-corrected chi connectivity index (χ3v) is 3.53. The Morgan fingerprint density at radius 1 is 1.40 bits per heavy atom. The molecule has 1 aromatic heterocycles. The highest BCUT2D eigenvalue weighted by atomic mass is 32.2. The molecule has 20 heavy (non-hydrogen) atoms. The molecule has 1 atom stereocenters. The second-order valence-corrected chi connectivity index (χ2v) is 5.92. The fraction of sp³-hybridized carbons (Fsp3) is 0.643. The van der Waals surface area contributed by atoms with E-state index >= 15 is 0 Å². The quantitative estimate of drug-likeness (QED) is 0.809. The van der Waals surface area contributed by atoms with Gasteiger partial charge in [-0.15, -0.1) is 0 Å². The van der Waals surface area contributed by atoms with Gasteiger partial charge in [-0.25, -0.2) is 9.97 Å². The monoisotopic (exact) mass is 296 g/mol. The van der Waals surface area contributed by atoms with Crippen molar-refractivity contribution in [3.63, 3.8) is 0 Å². The van der Waals surface area contributed by atoms with Crippen LogP contribution in [0.25, 0.3) is 0 Å². The van der Waals surface area contributed by atoms with Gasteiger partial charge < -0.3 is 10.6 Å². The van der Waals surface area contributed by atoms with E-state index in [1.165, 1.54) is 0 Å². The van der Waals surface area contributed by atoms with Crippen molar-refractivity contribution in [1.29, 1.82) is 0 Å². The molecule has 6 heteroatoms. The van der Waals surface area contributed by atoms with Crippen molar-refractivity contribution in [1.82, 2.24) is 15.3 Å². The lowest BCUT2D eigenvalue weighted by atomic mass is 10.2. The molecule has 5 nitrogen and oxygen atoms in total. The van der Waals surface area contributed by atoms with E-state index in [4.69, 9.17) is 0 Å². The maximum atomic E-state index is 12.3. The Labute approximate surface area is 125 Å². The Bertz CT molecular complexity index is 451. The number of nitrogens with one attached hydrogen (secondary N) is 2. The summed E-state index contributed by atoms with van der Waals surface area (Å²) in [6.07, 6.45) is 3.72. The highest BCUT2D eigenvalue weighted by molar-refractivity contribution is 7.98. The minimum Gasteiger partial charge on any atom is -0.382 e. The number of anilines is 1. The van der Waals surface area contributed by atoms with Crippen LogP contribution in [0.2, 0.25) is 0 Å². The number of aromatic nitrogens is 2. The smallest absolute Gasteiger partial charge is 0.272 e. The Morgan fingerprint density at radius 2 is 2.10 bits per heavy atom. The summed E-state index contributed by atoms with van der Waals surface area (Å²) in [4.78, 5) is 21.1. The Morgan fingerprint density at radius 3 is 2.65 bits per heavy atom. The molecule has 1 aromatic rings. The molecule has 0 aliphatic rings. The molecule has 1 rings (SSSR count). The number of carbonyl (C=O) groups is 1. The zero-order valence-corrected chi connectivity index (χ0v) is 13.7. The molecule has 0 aromatic carbocycles. The minimum absolute atomic E-state index is 0.115. The Hall–Kier alpha value is -1.30. The molecule has 112 valence electrons. The molecule has 1 heterocycles. The molecule has 0 saturated carbocycles. The second kappa shape index (κ2) is 8.09. The van der Waals surface area contributed by atoms with Crippen LogP contribution < -0.4 is 10.6 Å². The van der Waals surface area contributed by atoms with Crippen LogP contribution in [-0.2, 0) is 0 Å². The zero-order valence-electron chi connectivity index (χ0n) is 12.9. The average Bonchev–Trinajstić information content (AvgIpc) is 2.39. The fourth-order valence-electron chi connectivity index (χ4n) is 1.75. The summed E-state index contributed by atoms with van der Waals surface area (Å²) in [7, 11) is 0. The summed E-state index contributed by atoms with van der Waals surface area (Å²) in [6, 6.07) is 0.115. The van der Waals surface area contributed by atoms with Crippen molar-refractivity contribution in [2.45, 2.75) is 39.7 Å². The van der Waals surface area contributed by atoms with E-state index in [9.17, 15) is 4.79 Å². The molecule has 0 spiro atoms. The van der Waals surface area contributed by atoms with Gasteiger partial charge in [0.25, 0.3) is 5.91 Å². The van der Waals surface area contributed by atoms with Crippen LogP contribution in [0.4, 0.5) is 5.69 Å². The van der Waals surface area contributed by atoms with E-state index in [-0.39, 0.29) is 17.9 Å². The van der Waals surface area contributed by atoms with Crippen molar-refractivity contribution in [3.05, 3.63) is 17.7 Å². The van der Waals surface area contributed by atoms with Gasteiger partial charge in [0.1, 0.15) is 5.82 Å². The first-order valence-corrected chi connectivity index (χ1v) is 8.29. The lowest BCUT2D eigenvalue weighted by Crippen LogP contribution is -2.35. The molecular formula is C14H24N4OS. The highest BCUT2D eigenvalue weighted by Crippen LogP contribution is 2.16. The first-order valence-electron chi connectivity index (χ1n) is 6.90. The van der Waals surface area contributed by atoms with Gasteiger partial charge in [0, 0.05) is 24.3 Å². The number of thioether (sulfide) groups is 1. The average molecular weight is 296 g/mol. The predicted octanol–water partition coefficient (Wildman–Crippen LogP) is 2.51. The zero-order chi connectivity index (χ0) is 15.1. The van der Waals surface area contributed by atoms with E-state index < -0.39 is 0 Å². The molecule has 0 saturated heterocycles. The predicted molar refractivity (Wildman–Crippen MR) is 85.6 cm³/mol. The topological polar surface area (TPSA) is 66.9 Å². The third kappa shape index (κ3) is 4.67. The first-order chi connectivity index (χ1) is 9.49. The lowest BCUT2D eigenvalue weighted by molar-refractivity contribution is 0.0939. The second-order valence-electron chi connectivity index (χ2n) is 5.01. The van der Waals surface area contributed by atoms with Crippen molar-refractivity contribution >= 4 is 23.4 Å². The minimum atomic E-state index is -0.146. The van der Waals surface area contributed by atoms with E-state index in [1.807, 2.05) is 34.0 Å². The molecule has 0 radical (unpaired) electrons. The number of rotatable bonds is 7. The maximum absolute atomic E-state index is 12.3. The van der Waals surface area contributed by atoms with E-state index in [1.54, 1.807) is 18.0 Å². The number of hydrogen-bond acceptors (Lipinski definition) is 5. The first kappa shape index (κ1) is 16.8. The van der Waals surface area contributed by atoms with Crippen molar-refractivity contribution < 1.29 is 4.79 Å². The van der Waals surface area contributed by atoms with Crippen LogP contribution in [0.5, 0.6) is 0 Å². The van der Waals surface area contributed by atoms with Crippen LogP contribution in [0.1, 0.15) is 49.9 Å². The van der Waals surface area contributed by atoms with Gasteiger partial charge in [0.2, 0.25) is 0 Å². The van der Waals surface area contributed by atoms with Crippen LogP contribution in [-0.4, -0.2) is 40.5 Å². The number of nitrogens with zero attached hydrogens (tertiary/aromatic N) is 2. The molecule has 2 N–H and O–H groups in total. The molecule has 0 bridgehead atoms. The Balaban J connectivity index is 2.99. The largest absolute Gasteiger partial charge is 0.382 e. The molecule has 1 amide bonds. The van der Waals surface area contributed by atoms with Gasteiger partial charge in [-0.3, -0.25) is 4.79 Å². The maximum Gasteiger partial charge on any atom is 0.272 e. The fourth-order valence-corrected chi connectivity index (χ4v) is 2.33. The molecular weight excluding hydrogens is 272 g/mol. The summed E-state index contributed by atoms with van der Waals surface area (Å²) < 4.78 is 0. The molecule has 0 aliphatic carbocycles. The molecule has 0 aliphatic heterocycles. The summed E-state index contributed by atoms with van der Waals surface area (Å²) in [5.41, 5.74) is 1.12. The number of amides is 1. The van der Waals surface area contributed by atoms with Crippen LogP contribution in [0.3, 0.4) is 0 Å². The van der Waals surface area contributed by atoms with Gasteiger partial charge in [-0.05, 0) is 20.1 Å². The standard InChI is InChI=1S/C14H24N4OS/c1-6-15-11-7-16-13(9(2)3)18-12(11)14(19)17-10(4)8-20-5/h7,9-10,15H,6,8H2,1-5H3,(H,17,19).